The Hall–Kier alpha value is -0.0800. The van der Waals surface area contributed by atoms with Crippen LogP contribution >= 0.6 is 11.6 Å². The van der Waals surface area contributed by atoms with Gasteiger partial charge in [0.2, 0.25) is 5.24 Å². The molecule has 2 atom stereocenters. The highest BCUT2D eigenvalue weighted by Gasteiger charge is 2.56. The Morgan fingerprint density at radius 2 is 2.27 bits per heavy atom. The van der Waals surface area contributed by atoms with E-state index in [1.165, 1.54) is 0 Å². The SMILES string of the molecule is CC12CCC(C(=O)Cl)(CO1)C2. The van der Waals surface area contributed by atoms with E-state index in [1.807, 2.05) is 0 Å². The Kier molecular flexibility index (Phi) is 1.37. The number of fused-ring (bicyclic) bond motifs is 2. The van der Waals surface area contributed by atoms with Crippen LogP contribution in [-0.4, -0.2) is 17.5 Å². The smallest absolute Gasteiger partial charge is 0.230 e. The van der Waals surface area contributed by atoms with Crippen molar-refractivity contribution in [3.8, 4) is 0 Å². The van der Waals surface area contributed by atoms with Crippen LogP contribution in [0.3, 0.4) is 0 Å². The summed E-state index contributed by atoms with van der Waals surface area (Å²) in [5.41, 5.74) is -0.374. The average Bonchev–Trinajstić information content (AvgIpc) is 2.42. The first-order chi connectivity index (χ1) is 5.06. The van der Waals surface area contributed by atoms with Gasteiger partial charge >= 0.3 is 0 Å². The monoisotopic (exact) mass is 174 g/mol. The maximum Gasteiger partial charge on any atom is 0.230 e. The molecule has 0 amide bonds. The zero-order chi connectivity index (χ0) is 8.11. The first kappa shape index (κ1) is 7.56. The topological polar surface area (TPSA) is 26.3 Å². The lowest BCUT2D eigenvalue weighted by atomic mass is 9.89. The molecule has 2 aliphatic rings. The number of carbonyl (C=O) groups excluding carboxylic acids is 1. The molecule has 0 aromatic heterocycles. The van der Waals surface area contributed by atoms with Crippen molar-refractivity contribution < 1.29 is 9.53 Å². The van der Waals surface area contributed by atoms with Gasteiger partial charge in [-0.15, -0.1) is 0 Å². The van der Waals surface area contributed by atoms with Crippen LogP contribution in [0.2, 0.25) is 0 Å². The molecule has 1 saturated heterocycles. The van der Waals surface area contributed by atoms with Gasteiger partial charge in [-0.1, -0.05) is 0 Å². The van der Waals surface area contributed by atoms with Gasteiger partial charge in [0.15, 0.2) is 0 Å². The Balaban J connectivity index is 2.27. The van der Waals surface area contributed by atoms with E-state index in [1.54, 1.807) is 0 Å². The molecular formula is C8H11ClO2. The summed E-state index contributed by atoms with van der Waals surface area (Å²) in [7, 11) is 0. The van der Waals surface area contributed by atoms with Crippen molar-refractivity contribution in [3.63, 3.8) is 0 Å². The van der Waals surface area contributed by atoms with E-state index in [-0.39, 0.29) is 16.3 Å². The van der Waals surface area contributed by atoms with Crippen LogP contribution in [0.4, 0.5) is 0 Å². The van der Waals surface area contributed by atoms with E-state index in [0.29, 0.717) is 6.61 Å². The molecule has 1 saturated carbocycles. The van der Waals surface area contributed by atoms with E-state index in [4.69, 9.17) is 16.3 Å². The quantitative estimate of drug-likeness (QED) is 0.566. The summed E-state index contributed by atoms with van der Waals surface area (Å²) >= 11 is 5.51. The predicted molar refractivity (Wildman–Crippen MR) is 41.5 cm³/mol. The molecule has 62 valence electrons. The molecule has 11 heavy (non-hydrogen) atoms. The van der Waals surface area contributed by atoms with Crippen LogP contribution in [0, 0.1) is 5.41 Å². The average molecular weight is 175 g/mol. The number of ether oxygens (including phenoxy) is 1. The number of hydrogen-bond acceptors (Lipinski definition) is 2. The highest BCUT2D eigenvalue weighted by Crippen LogP contribution is 2.53. The minimum absolute atomic E-state index is 0.0510. The van der Waals surface area contributed by atoms with Crippen molar-refractivity contribution in [1.82, 2.24) is 0 Å². The van der Waals surface area contributed by atoms with Crippen LogP contribution < -0.4 is 0 Å². The third kappa shape index (κ3) is 0.926. The molecule has 0 spiro atoms. The van der Waals surface area contributed by atoms with E-state index in [0.717, 1.165) is 19.3 Å². The second kappa shape index (κ2) is 1.99. The summed E-state index contributed by atoms with van der Waals surface area (Å²) in [5, 5.41) is -0.210. The summed E-state index contributed by atoms with van der Waals surface area (Å²) in [6.07, 6.45) is 2.71. The maximum absolute atomic E-state index is 11.1. The van der Waals surface area contributed by atoms with E-state index in [2.05, 4.69) is 6.92 Å². The fraction of sp³-hybridized carbons (Fsp3) is 0.875. The van der Waals surface area contributed by atoms with Gasteiger partial charge in [0.1, 0.15) is 0 Å². The maximum atomic E-state index is 11.1. The second-order valence-electron chi connectivity index (χ2n) is 3.97. The van der Waals surface area contributed by atoms with E-state index in [9.17, 15) is 4.79 Å². The number of hydrogen-bond donors (Lipinski definition) is 0. The van der Waals surface area contributed by atoms with Crippen molar-refractivity contribution in [2.45, 2.75) is 31.8 Å². The molecule has 3 heteroatoms. The lowest BCUT2D eigenvalue weighted by Gasteiger charge is -2.23. The highest BCUT2D eigenvalue weighted by molar-refractivity contribution is 6.64. The standard InChI is InChI=1S/C8H11ClO2/c1-7-2-3-8(4-7,5-11-7)6(9)10/h2-5H2,1H3. The lowest BCUT2D eigenvalue weighted by molar-refractivity contribution is -0.122. The van der Waals surface area contributed by atoms with Gasteiger partial charge < -0.3 is 4.74 Å². The van der Waals surface area contributed by atoms with Crippen LogP contribution in [0.5, 0.6) is 0 Å². The molecule has 2 bridgehead atoms. The first-order valence-corrected chi connectivity index (χ1v) is 4.28. The summed E-state index contributed by atoms with van der Waals surface area (Å²) in [6.45, 7) is 2.59. The van der Waals surface area contributed by atoms with E-state index >= 15 is 0 Å². The fourth-order valence-electron chi connectivity index (χ4n) is 2.18. The van der Waals surface area contributed by atoms with Crippen LogP contribution in [-0.2, 0) is 9.53 Å². The Morgan fingerprint density at radius 1 is 1.55 bits per heavy atom. The van der Waals surface area contributed by atoms with Crippen molar-refractivity contribution in [2.75, 3.05) is 6.61 Å². The molecule has 0 aromatic rings. The normalized spacial score (nSPS) is 48.2. The largest absolute Gasteiger partial charge is 0.374 e. The molecule has 1 heterocycles. The van der Waals surface area contributed by atoms with Gasteiger partial charge in [0.25, 0.3) is 0 Å². The molecule has 2 nitrogen and oxygen atoms in total. The third-order valence-electron chi connectivity index (χ3n) is 2.96. The van der Waals surface area contributed by atoms with Crippen molar-refractivity contribution in [2.24, 2.45) is 5.41 Å². The molecular weight excluding hydrogens is 164 g/mol. The molecule has 0 radical (unpaired) electrons. The van der Waals surface area contributed by atoms with Crippen LogP contribution in [0.15, 0.2) is 0 Å². The van der Waals surface area contributed by atoms with Crippen molar-refractivity contribution in [1.29, 1.82) is 0 Å². The van der Waals surface area contributed by atoms with Crippen LogP contribution in [0.1, 0.15) is 26.2 Å². The Labute approximate surface area is 70.9 Å². The summed E-state index contributed by atoms with van der Waals surface area (Å²) < 4.78 is 5.50. The van der Waals surface area contributed by atoms with Gasteiger partial charge in [-0.3, -0.25) is 4.79 Å². The first-order valence-electron chi connectivity index (χ1n) is 3.90. The van der Waals surface area contributed by atoms with Gasteiger partial charge in [-0.25, -0.2) is 0 Å². The zero-order valence-electron chi connectivity index (χ0n) is 6.52. The van der Waals surface area contributed by atoms with Gasteiger partial charge in [-0.05, 0) is 37.8 Å². The molecule has 1 aliphatic heterocycles. The molecule has 2 fully saturated rings. The minimum atomic E-state index is -0.323. The molecule has 1 aliphatic carbocycles. The third-order valence-corrected chi connectivity index (χ3v) is 3.36. The lowest BCUT2D eigenvalue weighted by Crippen LogP contribution is -2.27. The highest BCUT2D eigenvalue weighted by atomic mass is 35.5. The summed E-state index contributed by atoms with van der Waals surface area (Å²) in [4.78, 5) is 11.1. The molecule has 2 rings (SSSR count). The predicted octanol–water partition coefficient (Wildman–Crippen LogP) is 1.71. The second-order valence-corrected chi connectivity index (χ2v) is 4.31. The minimum Gasteiger partial charge on any atom is -0.374 e. The Morgan fingerprint density at radius 3 is 2.45 bits per heavy atom. The van der Waals surface area contributed by atoms with E-state index < -0.39 is 0 Å². The summed E-state index contributed by atoms with van der Waals surface area (Å²) in [5.74, 6) is 0. The van der Waals surface area contributed by atoms with Gasteiger partial charge in [0, 0.05) is 0 Å². The van der Waals surface area contributed by atoms with Gasteiger partial charge in [-0.2, -0.15) is 0 Å². The fourth-order valence-corrected chi connectivity index (χ4v) is 2.40. The number of rotatable bonds is 1. The summed E-state index contributed by atoms with van der Waals surface area (Å²) in [6, 6.07) is 0. The molecule has 0 N–H and O–H groups in total. The van der Waals surface area contributed by atoms with Crippen molar-refractivity contribution in [3.05, 3.63) is 0 Å². The number of halogens is 1. The molecule has 2 unspecified atom stereocenters. The van der Waals surface area contributed by atoms with Crippen LogP contribution in [0.25, 0.3) is 0 Å². The zero-order valence-corrected chi connectivity index (χ0v) is 7.28. The Bertz CT molecular complexity index is 204. The van der Waals surface area contributed by atoms with Gasteiger partial charge in [0.05, 0.1) is 17.6 Å². The number of carbonyl (C=O) groups is 1. The molecule has 0 aromatic carbocycles. The van der Waals surface area contributed by atoms with Crippen molar-refractivity contribution >= 4 is 16.8 Å².